The molecule has 21 heavy (non-hydrogen) atoms. The molecule has 3 aromatic rings. The Bertz CT molecular complexity index is 584. The SMILES string of the molecule is ISC(c1ccccc1)(c1ccccc1)c1ccccc1. The highest BCUT2D eigenvalue weighted by atomic mass is 127. The molecule has 0 amide bonds. The fourth-order valence-electron chi connectivity index (χ4n) is 2.65. The van der Waals surface area contributed by atoms with Crippen molar-refractivity contribution in [2.45, 2.75) is 4.75 Å². The monoisotopic (exact) mass is 402 g/mol. The van der Waals surface area contributed by atoms with Crippen molar-refractivity contribution in [1.82, 2.24) is 0 Å². The van der Waals surface area contributed by atoms with Gasteiger partial charge in [0.2, 0.25) is 0 Å². The van der Waals surface area contributed by atoms with Gasteiger partial charge in [0.25, 0.3) is 0 Å². The van der Waals surface area contributed by atoms with Gasteiger partial charge in [-0.1, -0.05) is 99.9 Å². The maximum atomic E-state index is 2.43. The van der Waals surface area contributed by atoms with E-state index in [0.29, 0.717) is 0 Å². The molecule has 0 bridgehead atoms. The molecule has 2 heteroatoms. The molecule has 104 valence electrons. The summed E-state index contributed by atoms with van der Waals surface area (Å²) in [5.41, 5.74) is 3.92. The maximum absolute atomic E-state index is 2.43. The zero-order valence-corrected chi connectivity index (χ0v) is 14.4. The van der Waals surface area contributed by atoms with Gasteiger partial charge in [-0.05, 0) is 37.9 Å². The zero-order valence-electron chi connectivity index (χ0n) is 11.4. The molecule has 0 aliphatic carbocycles. The van der Waals surface area contributed by atoms with Crippen LogP contribution in [0.2, 0.25) is 0 Å². The Hall–Kier alpha value is -1.26. The van der Waals surface area contributed by atoms with E-state index < -0.39 is 0 Å². The third-order valence-corrected chi connectivity index (χ3v) is 6.58. The molecular weight excluding hydrogens is 387 g/mol. The zero-order chi connectivity index (χ0) is 14.5. The number of hydrogen-bond donors (Lipinski definition) is 0. The lowest BCUT2D eigenvalue weighted by molar-refractivity contribution is 0.904. The van der Waals surface area contributed by atoms with E-state index in [9.17, 15) is 0 Å². The molecule has 0 aromatic heterocycles. The summed E-state index contributed by atoms with van der Waals surface area (Å²) in [6.45, 7) is 0. The molecular formula is C19H15IS. The Balaban J connectivity index is 2.29. The summed E-state index contributed by atoms with van der Waals surface area (Å²) >= 11 is 2.43. The molecule has 0 spiro atoms. The van der Waals surface area contributed by atoms with Crippen LogP contribution in [-0.4, -0.2) is 0 Å². The summed E-state index contributed by atoms with van der Waals surface area (Å²) in [5.74, 6) is 0. The highest BCUT2D eigenvalue weighted by molar-refractivity contribution is 14.2. The van der Waals surface area contributed by atoms with Gasteiger partial charge in [0.05, 0.1) is 0 Å². The minimum Gasteiger partial charge on any atom is -0.0679 e. The topological polar surface area (TPSA) is 0 Å². The Labute approximate surface area is 142 Å². The normalized spacial score (nSPS) is 11.3. The number of halogens is 1. The molecule has 0 N–H and O–H groups in total. The lowest BCUT2D eigenvalue weighted by atomic mass is 9.84. The van der Waals surface area contributed by atoms with E-state index in [2.05, 4.69) is 112 Å². The van der Waals surface area contributed by atoms with Gasteiger partial charge in [-0.15, -0.1) is 0 Å². The van der Waals surface area contributed by atoms with Crippen molar-refractivity contribution >= 4 is 30.1 Å². The molecule has 3 aromatic carbocycles. The lowest BCUT2D eigenvalue weighted by Crippen LogP contribution is -2.23. The van der Waals surface area contributed by atoms with Crippen LogP contribution in [0.15, 0.2) is 91.0 Å². The van der Waals surface area contributed by atoms with Gasteiger partial charge in [-0.2, -0.15) is 0 Å². The molecule has 0 aliphatic heterocycles. The summed E-state index contributed by atoms with van der Waals surface area (Å²) < 4.78 is -0.176. The van der Waals surface area contributed by atoms with Gasteiger partial charge >= 0.3 is 0 Å². The first-order valence-corrected chi connectivity index (χ1v) is 10.2. The molecule has 3 rings (SSSR count). The standard InChI is InChI=1S/C19H15IS/c20-21-19(16-10-4-1-5-11-16,17-12-6-2-7-13-17)18-14-8-3-9-15-18/h1-15H. The van der Waals surface area contributed by atoms with Crippen molar-refractivity contribution in [3.63, 3.8) is 0 Å². The van der Waals surface area contributed by atoms with E-state index in [1.807, 2.05) is 8.93 Å². The van der Waals surface area contributed by atoms with Gasteiger partial charge in [-0.3, -0.25) is 0 Å². The van der Waals surface area contributed by atoms with Crippen LogP contribution in [0, 0.1) is 0 Å². The fraction of sp³-hybridized carbons (Fsp3) is 0.0526. The first-order chi connectivity index (χ1) is 10.4. The Morgan fingerprint density at radius 3 is 1.05 bits per heavy atom. The molecule has 0 saturated carbocycles. The minimum atomic E-state index is -0.176. The van der Waals surface area contributed by atoms with Crippen LogP contribution in [0.1, 0.15) is 16.7 Å². The Morgan fingerprint density at radius 1 is 0.524 bits per heavy atom. The predicted molar refractivity (Wildman–Crippen MR) is 101 cm³/mol. The number of rotatable bonds is 4. The third-order valence-electron chi connectivity index (χ3n) is 3.66. The van der Waals surface area contributed by atoms with Crippen molar-refractivity contribution in [1.29, 1.82) is 0 Å². The molecule has 0 radical (unpaired) electrons. The van der Waals surface area contributed by atoms with Gasteiger partial charge in [0, 0.05) is 0 Å². The van der Waals surface area contributed by atoms with Crippen LogP contribution < -0.4 is 0 Å². The first kappa shape index (κ1) is 14.7. The summed E-state index contributed by atoms with van der Waals surface area (Å²) in [5, 5.41) is 0. The average molecular weight is 402 g/mol. The second-order valence-electron chi connectivity index (χ2n) is 4.86. The van der Waals surface area contributed by atoms with Crippen molar-refractivity contribution < 1.29 is 0 Å². The Kier molecular flexibility index (Phi) is 4.66. The summed E-state index contributed by atoms with van der Waals surface area (Å²) in [4.78, 5) is 0. The Morgan fingerprint density at radius 2 is 0.810 bits per heavy atom. The van der Waals surface area contributed by atoms with E-state index in [0.717, 1.165) is 0 Å². The van der Waals surface area contributed by atoms with E-state index in [1.54, 1.807) is 0 Å². The molecule has 0 aliphatic rings. The summed E-state index contributed by atoms with van der Waals surface area (Å²) in [6.07, 6.45) is 0. The highest BCUT2D eigenvalue weighted by Gasteiger charge is 2.36. The van der Waals surface area contributed by atoms with Crippen LogP contribution in [0.3, 0.4) is 0 Å². The van der Waals surface area contributed by atoms with Crippen LogP contribution in [0.25, 0.3) is 0 Å². The van der Waals surface area contributed by atoms with Crippen molar-refractivity contribution in [3.05, 3.63) is 108 Å². The first-order valence-electron chi connectivity index (χ1n) is 6.84. The largest absolute Gasteiger partial charge is 0.101 e. The van der Waals surface area contributed by atoms with E-state index in [4.69, 9.17) is 0 Å². The fourth-order valence-corrected chi connectivity index (χ4v) is 5.62. The van der Waals surface area contributed by atoms with E-state index in [-0.39, 0.29) is 4.75 Å². The van der Waals surface area contributed by atoms with Crippen LogP contribution in [0.5, 0.6) is 0 Å². The highest BCUT2D eigenvalue weighted by Crippen LogP contribution is 2.51. The van der Waals surface area contributed by atoms with Crippen LogP contribution >= 0.6 is 30.1 Å². The van der Waals surface area contributed by atoms with Gasteiger partial charge < -0.3 is 0 Å². The predicted octanol–water partition coefficient (Wildman–Crippen LogP) is 6.06. The number of benzene rings is 3. The van der Waals surface area contributed by atoms with Crippen LogP contribution in [0.4, 0.5) is 0 Å². The van der Waals surface area contributed by atoms with E-state index in [1.165, 1.54) is 16.7 Å². The van der Waals surface area contributed by atoms with Crippen molar-refractivity contribution in [3.8, 4) is 0 Å². The molecule has 0 heterocycles. The summed E-state index contributed by atoms with van der Waals surface area (Å²) in [7, 11) is 1.85. The third kappa shape index (κ3) is 2.74. The molecule has 0 saturated heterocycles. The second-order valence-corrected chi connectivity index (χ2v) is 6.94. The minimum absolute atomic E-state index is 0.176. The second kappa shape index (κ2) is 6.67. The van der Waals surface area contributed by atoms with Gasteiger partial charge in [0.1, 0.15) is 4.75 Å². The lowest BCUT2D eigenvalue weighted by Gasteiger charge is -2.33. The van der Waals surface area contributed by atoms with E-state index >= 15 is 0 Å². The van der Waals surface area contributed by atoms with Gasteiger partial charge in [-0.25, -0.2) is 0 Å². The molecule has 0 unspecified atom stereocenters. The molecule has 0 fully saturated rings. The van der Waals surface area contributed by atoms with Crippen molar-refractivity contribution in [2.75, 3.05) is 0 Å². The average Bonchev–Trinajstić information content (AvgIpc) is 2.59. The van der Waals surface area contributed by atoms with Gasteiger partial charge in [0.15, 0.2) is 0 Å². The van der Waals surface area contributed by atoms with Crippen LogP contribution in [-0.2, 0) is 4.75 Å². The molecule has 0 nitrogen and oxygen atoms in total. The van der Waals surface area contributed by atoms with Crippen molar-refractivity contribution in [2.24, 2.45) is 0 Å². The maximum Gasteiger partial charge on any atom is 0.101 e. The smallest absolute Gasteiger partial charge is 0.0679 e. The summed E-state index contributed by atoms with van der Waals surface area (Å²) in [6, 6.07) is 32.2. The molecule has 0 atom stereocenters. The quantitative estimate of drug-likeness (QED) is 0.378. The number of hydrogen-bond acceptors (Lipinski definition) is 1.